The Hall–Kier alpha value is -0.510. The van der Waals surface area contributed by atoms with Gasteiger partial charge in [0.05, 0.1) is 6.54 Å². The molecule has 3 aliphatic rings. The van der Waals surface area contributed by atoms with Crippen molar-refractivity contribution >= 4 is 11.8 Å². The van der Waals surface area contributed by atoms with Gasteiger partial charge in [-0.15, -0.1) is 0 Å². The maximum Gasteiger partial charge on any atom is 0.130 e. The first-order chi connectivity index (χ1) is 8.76. The molecule has 3 heteroatoms. The number of nitrogens with zero attached hydrogens (tertiary/aromatic N) is 2. The van der Waals surface area contributed by atoms with E-state index in [1.807, 2.05) is 11.8 Å². The van der Waals surface area contributed by atoms with Gasteiger partial charge in [-0.25, -0.2) is 0 Å². The third kappa shape index (κ3) is 2.31. The van der Waals surface area contributed by atoms with Crippen LogP contribution in [0, 0.1) is 0 Å². The van der Waals surface area contributed by atoms with Crippen LogP contribution in [-0.4, -0.2) is 60.7 Å². The Morgan fingerprint density at radius 2 is 1.44 bits per heavy atom. The average molecular weight is 264 g/mol. The van der Waals surface area contributed by atoms with E-state index in [1.54, 1.807) is 0 Å². The van der Waals surface area contributed by atoms with E-state index in [0.717, 1.165) is 0 Å². The molecule has 0 spiro atoms. The third-order valence-electron chi connectivity index (χ3n) is 5.07. The van der Waals surface area contributed by atoms with Crippen LogP contribution in [0.4, 0.5) is 0 Å². The van der Waals surface area contributed by atoms with Gasteiger partial charge in [0, 0.05) is 4.90 Å². The van der Waals surface area contributed by atoms with Gasteiger partial charge >= 0.3 is 0 Å². The molecule has 1 aromatic carbocycles. The fraction of sp³-hybridized carbons (Fsp3) is 0.600. The molecule has 3 fully saturated rings. The molecule has 0 N–H and O–H groups in total. The minimum atomic E-state index is 1.27. The lowest BCUT2D eigenvalue weighted by atomic mass is 10.1. The quantitative estimate of drug-likeness (QED) is 0.594. The summed E-state index contributed by atoms with van der Waals surface area (Å²) in [7, 11) is 0. The minimum absolute atomic E-state index is 1.27. The summed E-state index contributed by atoms with van der Waals surface area (Å²) in [6.45, 7) is 12.1. The zero-order valence-electron chi connectivity index (χ0n) is 11.3. The van der Waals surface area contributed by atoms with Gasteiger partial charge in [-0.2, -0.15) is 0 Å². The second-order valence-corrected chi connectivity index (χ2v) is 6.95. The molecule has 3 heterocycles. The van der Waals surface area contributed by atoms with Crippen LogP contribution < -0.4 is 0 Å². The summed E-state index contributed by atoms with van der Waals surface area (Å²) in [6.07, 6.45) is 0. The normalized spacial score (nSPS) is 34.7. The zero-order valence-corrected chi connectivity index (χ0v) is 12.2. The van der Waals surface area contributed by atoms with E-state index >= 15 is 0 Å². The summed E-state index contributed by atoms with van der Waals surface area (Å²) in [5.41, 5.74) is 0. The van der Waals surface area contributed by atoms with Gasteiger partial charge in [-0.3, -0.25) is 0 Å². The number of fused-ring (bicyclic) bond motifs is 3. The molecule has 0 atom stereocenters. The SMILES string of the molecule is CC[N+]12CC[N+](CSc3ccccc3)(CC1)CC2. The van der Waals surface area contributed by atoms with Crippen molar-refractivity contribution in [3.05, 3.63) is 30.3 Å². The van der Waals surface area contributed by atoms with E-state index in [2.05, 4.69) is 37.3 Å². The number of piperazine rings is 3. The number of quaternary nitrogens is 2. The molecule has 2 bridgehead atoms. The van der Waals surface area contributed by atoms with Gasteiger partial charge < -0.3 is 8.97 Å². The largest absolute Gasteiger partial charge is 0.310 e. The van der Waals surface area contributed by atoms with Crippen LogP contribution in [0.15, 0.2) is 35.2 Å². The molecule has 0 unspecified atom stereocenters. The molecule has 0 aromatic heterocycles. The van der Waals surface area contributed by atoms with Crippen LogP contribution in [0.3, 0.4) is 0 Å². The van der Waals surface area contributed by atoms with Crippen LogP contribution in [0.2, 0.25) is 0 Å². The van der Waals surface area contributed by atoms with Crippen molar-refractivity contribution < 1.29 is 8.97 Å². The monoisotopic (exact) mass is 264 g/mol. The van der Waals surface area contributed by atoms with Crippen molar-refractivity contribution in [1.82, 2.24) is 0 Å². The Kier molecular flexibility index (Phi) is 3.39. The van der Waals surface area contributed by atoms with Crippen molar-refractivity contribution in [2.75, 3.05) is 51.7 Å². The second-order valence-electron chi connectivity index (χ2n) is 5.93. The van der Waals surface area contributed by atoms with Crippen molar-refractivity contribution in [3.63, 3.8) is 0 Å². The van der Waals surface area contributed by atoms with Crippen LogP contribution in [0.5, 0.6) is 0 Å². The van der Waals surface area contributed by atoms with Gasteiger partial charge in [-0.05, 0) is 19.1 Å². The highest BCUT2D eigenvalue weighted by atomic mass is 32.2. The van der Waals surface area contributed by atoms with E-state index in [9.17, 15) is 0 Å². The summed E-state index contributed by atoms with van der Waals surface area (Å²) in [6, 6.07) is 10.9. The second kappa shape index (κ2) is 4.87. The third-order valence-corrected chi connectivity index (χ3v) is 6.35. The first kappa shape index (κ1) is 12.5. The lowest BCUT2D eigenvalue weighted by Crippen LogP contribution is -2.74. The fourth-order valence-electron chi connectivity index (χ4n) is 3.34. The highest BCUT2D eigenvalue weighted by Crippen LogP contribution is 2.30. The smallest absolute Gasteiger partial charge is 0.130 e. The minimum Gasteiger partial charge on any atom is -0.310 e. The van der Waals surface area contributed by atoms with Crippen molar-refractivity contribution in [2.45, 2.75) is 11.8 Å². The van der Waals surface area contributed by atoms with E-state index in [4.69, 9.17) is 0 Å². The summed E-state index contributed by atoms with van der Waals surface area (Å²) in [5.74, 6) is 1.27. The molecular weight excluding hydrogens is 240 g/mol. The van der Waals surface area contributed by atoms with Crippen LogP contribution in [0.1, 0.15) is 6.92 Å². The number of likely N-dealkylation sites (N-methyl/N-ethyl adjacent to an activating group) is 1. The highest BCUT2D eigenvalue weighted by Gasteiger charge is 2.47. The van der Waals surface area contributed by atoms with E-state index in [0.29, 0.717) is 0 Å². The van der Waals surface area contributed by atoms with Gasteiger partial charge in [0.2, 0.25) is 0 Å². The van der Waals surface area contributed by atoms with Gasteiger partial charge in [0.15, 0.2) is 0 Å². The lowest BCUT2D eigenvalue weighted by Gasteiger charge is -2.55. The van der Waals surface area contributed by atoms with Crippen LogP contribution in [0.25, 0.3) is 0 Å². The number of rotatable bonds is 4. The van der Waals surface area contributed by atoms with Crippen LogP contribution in [-0.2, 0) is 0 Å². The number of hydrogen-bond acceptors (Lipinski definition) is 1. The van der Waals surface area contributed by atoms with Crippen molar-refractivity contribution in [3.8, 4) is 0 Å². The molecule has 3 aliphatic heterocycles. The van der Waals surface area contributed by atoms with Gasteiger partial charge in [0.1, 0.15) is 45.1 Å². The van der Waals surface area contributed by atoms with Crippen LogP contribution >= 0.6 is 11.8 Å². The van der Waals surface area contributed by atoms with Crippen molar-refractivity contribution in [2.24, 2.45) is 0 Å². The number of benzene rings is 1. The van der Waals surface area contributed by atoms with E-state index < -0.39 is 0 Å². The predicted molar refractivity (Wildman–Crippen MR) is 77.4 cm³/mol. The molecule has 0 aliphatic carbocycles. The number of thioether (sulfide) groups is 1. The lowest BCUT2D eigenvalue weighted by molar-refractivity contribution is -1.07. The maximum atomic E-state index is 2.37. The first-order valence-corrected chi connectivity index (χ1v) is 8.13. The summed E-state index contributed by atoms with van der Waals surface area (Å²) >= 11 is 2.05. The molecule has 18 heavy (non-hydrogen) atoms. The maximum absolute atomic E-state index is 2.37. The Labute approximate surface area is 115 Å². The standard InChI is InChI=1S/C15H24N2S/c1-2-16-8-11-17(12-9-16,13-10-16)14-18-15-6-4-3-5-7-15/h3-7H,2,8-14H2,1H3/q+2. The Bertz CT molecular complexity index is 380. The average Bonchev–Trinajstić information content (AvgIpc) is 2.48. The van der Waals surface area contributed by atoms with E-state index in [1.165, 1.54) is 65.6 Å². The number of hydrogen-bond donors (Lipinski definition) is 0. The van der Waals surface area contributed by atoms with E-state index in [-0.39, 0.29) is 0 Å². The molecule has 0 saturated carbocycles. The van der Waals surface area contributed by atoms with Gasteiger partial charge in [-0.1, -0.05) is 30.0 Å². The first-order valence-electron chi connectivity index (χ1n) is 7.14. The molecule has 0 radical (unpaired) electrons. The topological polar surface area (TPSA) is 0 Å². The fourth-order valence-corrected chi connectivity index (χ4v) is 4.50. The molecular formula is C15H24N2S+2. The molecule has 1 aromatic rings. The molecule has 0 amide bonds. The highest BCUT2D eigenvalue weighted by molar-refractivity contribution is 7.99. The summed E-state index contributed by atoms with van der Waals surface area (Å²) in [5, 5.41) is 0. The molecule has 4 rings (SSSR count). The Balaban J connectivity index is 1.61. The summed E-state index contributed by atoms with van der Waals surface area (Å²) in [4.78, 5) is 1.43. The molecule has 3 saturated heterocycles. The van der Waals surface area contributed by atoms with Crippen molar-refractivity contribution in [1.29, 1.82) is 0 Å². The molecule has 98 valence electrons. The molecule has 2 nitrogen and oxygen atoms in total. The Morgan fingerprint density at radius 1 is 0.889 bits per heavy atom. The van der Waals surface area contributed by atoms with Gasteiger partial charge in [0.25, 0.3) is 0 Å². The summed E-state index contributed by atoms with van der Waals surface area (Å²) < 4.78 is 2.76. The zero-order chi connectivity index (χ0) is 12.5. The Morgan fingerprint density at radius 3 is 2.00 bits per heavy atom. The predicted octanol–water partition coefficient (Wildman–Crippen LogP) is 2.42.